The average Bonchev–Trinajstić information content (AvgIpc) is 2.08. The van der Waals surface area contributed by atoms with Gasteiger partial charge >= 0.3 is 0 Å². The molecule has 0 saturated carbocycles. The van der Waals surface area contributed by atoms with Gasteiger partial charge in [0.05, 0.1) is 6.61 Å². The molecule has 0 spiro atoms. The molecule has 0 radical (unpaired) electrons. The quantitative estimate of drug-likeness (QED) is 0.769. The number of phenols is 1. The lowest BCUT2D eigenvalue weighted by atomic mass is 10.2. The molecule has 0 aliphatic carbocycles. The van der Waals surface area contributed by atoms with Crippen LogP contribution in [0.5, 0.6) is 5.75 Å². The molecule has 0 aliphatic rings. The van der Waals surface area contributed by atoms with Crippen molar-refractivity contribution in [2.24, 2.45) is 0 Å². The predicted molar refractivity (Wildman–Crippen MR) is 52.4 cm³/mol. The maximum absolute atomic E-state index is 11.2. The lowest BCUT2D eigenvalue weighted by molar-refractivity contribution is 0.337. The van der Waals surface area contributed by atoms with Crippen LogP contribution in [0, 0.1) is 0 Å². The molecule has 0 unspecified atom stereocenters. The molecule has 0 bridgehead atoms. The average molecular weight is 216 g/mol. The van der Waals surface area contributed by atoms with E-state index in [0.29, 0.717) is 5.56 Å². The minimum absolute atomic E-state index is 0.113. The molecule has 1 aromatic carbocycles. The van der Waals surface area contributed by atoms with Gasteiger partial charge in [-0.2, -0.15) is 8.42 Å². The second-order valence-corrected chi connectivity index (χ2v) is 4.41. The van der Waals surface area contributed by atoms with Crippen molar-refractivity contribution in [2.45, 2.75) is 12.7 Å². The minimum Gasteiger partial charge on any atom is -0.508 e. The molecule has 4 nitrogen and oxygen atoms in total. The first kappa shape index (κ1) is 11.0. The molecule has 0 fully saturated rings. The zero-order valence-corrected chi connectivity index (χ0v) is 8.62. The molecule has 0 heterocycles. The summed E-state index contributed by atoms with van der Waals surface area (Å²) in [7, 11) is -3.48. The van der Waals surface area contributed by atoms with E-state index in [9.17, 15) is 8.42 Å². The van der Waals surface area contributed by atoms with E-state index in [1.807, 2.05) is 0 Å². The zero-order chi connectivity index (χ0) is 10.6. The monoisotopic (exact) mass is 216 g/mol. The van der Waals surface area contributed by atoms with Crippen molar-refractivity contribution in [3.63, 3.8) is 0 Å². The van der Waals surface area contributed by atoms with Crippen molar-refractivity contribution in [1.29, 1.82) is 0 Å². The van der Waals surface area contributed by atoms with Gasteiger partial charge in [-0.15, -0.1) is 0 Å². The number of rotatable bonds is 4. The molecule has 0 atom stereocenters. The van der Waals surface area contributed by atoms with Crippen LogP contribution in [0.1, 0.15) is 12.5 Å². The van der Waals surface area contributed by atoms with Gasteiger partial charge in [0, 0.05) is 0 Å². The Labute approximate surface area is 83.3 Å². The number of hydrogen-bond donors (Lipinski definition) is 1. The fourth-order valence-electron chi connectivity index (χ4n) is 1.02. The van der Waals surface area contributed by atoms with Crippen molar-refractivity contribution in [1.82, 2.24) is 0 Å². The maximum Gasteiger partial charge on any atom is 0.271 e. The smallest absolute Gasteiger partial charge is 0.271 e. The summed E-state index contributed by atoms with van der Waals surface area (Å²) in [6, 6.07) is 5.98. The summed E-state index contributed by atoms with van der Waals surface area (Å²) in [6.07, 6.45) is 0. The van der Waals surface area contributed by atoms with Gasteiger partial charge in [-0.3, -0.25) is 4.18 Å². The van der Waals surface area contributed by atoms with E-state index in [-0.39, 0.29) is 18.1 Å². The number of phenolic OH excluding ortho intramolecular Hbond substituents is 1. The number of aromatic hydroxyl groups is 1. The van der Waals surface area contributed by atoms with Crippen LogP contribution in [0.15, 0.2) is 24.3 Å². The predicted octanol–water partition coefficient (Wildman–Crippen LogP) is 1.26. The molecule has 78 valence electrons. The number of benzene rings is 1. The van der Waals surface area contributed by atoms with Gasteiger partial charge in [0.2, 0.25) is 0 Å². The zero-order valence-electron chi connectivity index (χ0n) is 7.80. The molecule has 1 aromatic rings. The fourth-order valence-corrected chi connectivity index (χ4v) is 2.06. The topological polar surface area (TPSA) is 63.6 Å². The van der Waals surface area contributed by atoms with Gasteiger partial charge in [-0.1, -0.05) is 12.1 Å². The Balaban J connectivity index is 2.74. The van der Waals surface area contributed by atoms with Crippen LogP contribution >= 0.6 is 0 Å². The Bertz CT molecular complexity index is 380. The molecule has 5 heteroatoms. The Morgan fingerprint density at radius 2 is 1.86 bits per heavy atom. The standard InChI is InChI=1S/C9H12O4S/c1-2-13-14(11,12)7-8-3-5-9(10)6-4-8/h3-6,10H,2,7H2,1H3. The Kier molecular flexibility index (Phi) is 3.49. The highest BCUT2D eigenvalue weighted by molar-refractivity contribution is 7.85. The first-order valence-electron chi connectivity index (χ1n) is 4.18. The Hall–Kier alpha value is -1.07. The summed E-state index contributed by atoms with van der Waals surface area (Å²) in [5, 5.41) is 8.98. The Morgan fingerprint density at radius 3 is 2.36 bits per heavy atom. The molecule has 1 N–H and O–H groups in total. The van der Waals surface area contributed by atoms with E-state index in [4.69, 9.17) is 5.11 Å². The summed E-state index contributed by atoms with van der Waals surface area (Å²) in [4.78, 5) is 0. The minimum atomic E-state index is -3.48. The summed E-state index contributed by atoms with van der Waals surface area (Å²) in [5.41, 5.74) is 0.594. The lowest BCUT2D eigenvalue weighted by Crippen LogP contribution is -2.08. The third-order valence-electron chi connectivity index (χ3n) is 1.58. The molecular formula is C9H12O4S. The van der Waals surface area contributed by atoms with E-state index in [0.717, 1.165) is 0 Å². The van der Waals surface area contributed by atoms with Crippen LogP contribution in [0.4, 0.5) is 0 Å². The largest absolute Gasteiger partial charge is 0.508 e. The molecule has 0 amide bonds. The maximum atomic E-state index is 11.2. The lowest BCUT2D eigenvalue weighted by Gasteiger charge is -2.03. The van der Waals surface area contributed by atoms with Gasteiger partial charge in [-0.25, -0.2) is 0 Å². The summed E-state index contributed by atoms with van der Waals surface area (Å²) < 4.78 is 27.0. The molecule has 0 saturated heterocycles. The van der Waals surface area contributed by atoms with Gasteiger partial charge < -0.3 is 5.11 Å². The molecule has 0 aliphatic heterocycles. The first-order valence-corrected chi connectivity index (χ1v) is 5.76. The highest BCUT2D eigenvalue weighted by atomic mass is 32.2. The van der Waals surface area contributed by atoms with Crippen molar-refractivity contribution >= 4 is 10.1 Å². The van der Waals surface area contributed by atoms with Crippen molar-refractivity contribution in [3.05, 3.63) is 29.8 Å². The van der Waals surface area contributed by atoms with Gasteiger partial charge in [-0.05, 0) is 24.6 Å². The van der Waals surface area contributed by atoms with Crippen LogP contribution in [0.3, 0.4) is 0 Å². The number of hydrogen-bond acceptors (Lipinski definition) is 4. The van der Waals surface area contributed by atoms with Crippen LogP contribution in [0.2, 0.25) is 0 Å². The summed E-state index contributed by atoms with van der Waals surface area (Å²) >= 11 is 0. The second kappa shape index (κ2) is 4.43. The van der Waals surface area contributed by atoms with E-state index in [1.54, 1.807) is 19.1 Å². The second-order valence-electron chi connectivity index (χ2n) is 2.77. The fraction of sp³-hybridized carbons (Fsp3) is 0.333. The van der Waals surface area contributed by atoms with Crippen LogP contribution in [0.25, 0.3) is 0 Å². The highest BCUT2D eigenvalue weighted by Gasteiger charge is 2.10. The van der Waals surface area contributed by atoms with E-state index in [2.05, 4.69) is 4.18 Å². The van der Waals surface area contributed by atoms with Crippen LogP contribution in [-0.2, 0) is 20.1 Å². The van der Waals surface area contributed by atoms with Crippen molar-refractivity contribution < 1.29 is 17.7 Å². The first-order chi connectivity index (χ1) is 6.53. The van der Waals surface area contributed by atoms with Crippen molar-refractivity contribution in [2.75, 3.05) is 6.61 Å². The van der Waals surface area contributed by atoms with Gasteiger partial charge in [0.1, 0.15) is 11.5 Å². The van der Waals surface area contributed by atoms with E-state index < -0.39 is 10.1 Å². The van der Waals surface area contributed by atoms with Crippen molar-refractivity contribution in [3.8, 4) is 5.75 Å². The molecule has 1 rings (SSSR count). The normalized spacial score (nSPS) is 11.5. The molecule has 0 aromatic heterocycles. The Morgan fingerprint density at radius 1 is 1.29 bits per heavy atom. The third-order valence-corrected chi connectivity index (χ3v) is 2.86. The summed E-state index contributed by atoms with van der Waals surface area (Å²) in [6.45, 7) is 1.76. The van der Waals surface area contributed by atoms with Crippen LogP contribution in [-0.4, -0.2) is 20.1 Å². The van der Waals surface area contributed by atoms with Crippen LogP contribution < -0.4 is 0 Å². The van der Waals surface area contributed by atoms with E-state index in [1.165, 1.54) is 12.1 Å². The van der Waals surface area contributed by atoms with Gasteiger partial charge in [0.25, 0.3) is 10.1 Å². The third kappa shape index (κ3) is 3.35. The summed E-state index contributed by atoms with van der Waals surface area (Å²) in [5.74, 6) is -0.0521. The molecule has 14 heavy (non-hydrogen) atoms. The molecular weight excluding hydrogens is 204 g/mol. The SMILES string of the molecule is CCOS(=O)(=O)Cc1ccc(O)cc1. The highest BCUT2D eigenvalue weighted by Crippen LogP contribution is 2.12. The van der Waals surface area contributed by atoms with Gasteiger partial charge in [0.15, 0.2) is 0 Å². The van der Waals surface area contributed by atoms with E-state index >= 15 is 0 Å².